The van der Waals surface area contributed by atoms with Crippen LogP contribution in [-0.2, 0) is 11.2 Å². The summed E-state index contributed by atoms with van der Waals surface area (Å²) in [6.45, 7) is 1.96. The number of primary amides is 1. The van der Waals surface area contributed by atoms with Crippen molar-refractivity contribution in [1.82, 2.24) is 4.98 Å². The van der Waals surface area contributed by atoms with Crippen molar-refractivity contribution in [2.75, 3.05) is 5.32 Å². The number of carbonyl (C=O) groups is 2. The summed E-state index contributed by atoms with van der Waals surface area (Å²) in [5.41, 5.74) is 8.10. The van der Waals surface area contributed by atoms with Crippen molar-refractivity contribution in [3.63, 3.8) is 0 Å². The van der Waals surface area contributed by atoms with Crippen LogP contribution in [0.15, 0.2) is 53.3 Å². The fourth-order valence-electron chi connectivity index (χ4n) is 2.81. The number of hydrogen-bond donors (Lipinski definition) is 3. The number of nitrogens with two attached hydrogens (primary N) is 1. The SMILES string of the molecule is Cc1ccc2cc(CCC(=O)Nc3ccccc3C(N)=O)c(=O)[nH]c2c1. The van der Waals surface area contributed by atoms with Crippen LogP contribution in [-0.4, -0.2) is 16.8 Å². The highest BCUT2D eigenvalue weighted by Gasteiger charge is 2.11. The molecule has 0 aliphatic carbocycles. The van der Waals surface area contributed by atoms with Gasteiger partial charge in [0.15, 0.2) is 0 Å². The van der Waals surface area contributed by atoms with E-state index in [2.05, 4.69) is 10.3 Å². The quantitative estimate of drug-likeness (QED) is 0.659. The summed E-state index contributed by atoms with van der Waals surface area (Å²) >= 11 is 0. The Morgan fingerprint density at radius 3 is 2.65 bits per heavy atom. The predicted molar refractivity (Wildman–Crippen MR) is 101 cm³/mol. The molecule has 1 heterocycles. The average Bonchev–Trinajstić information content (AvgIpc) is 2.60. The van der Waals surface area contributed by atoms with E-state index in [1.807, 2.05) is 25.1 Å². The maximum atomic E-state index is 12.2. The lowest BCUT2D eigenvalue weighted by Crippen LogP contribution is -2.20. The fourth-order valence-corrected chi connectivity index (χ4v) is 2.81. The van der Waals surface area contributed by atoms with Gasteiger partial charge in [0.05, 0.1) is 11.3 Å². The van der Waals surface area contributed by atoms with Crippen LogP contribution in [0.2, 0.25) is 0 Å². The molecule has 0 fully saturated rings. The zero-order valence-electron chi connectivity index (χ0n) is 14.3. The molecule has 0 aliphatic rings. The van der Waals surface area contributed by atoms with E-state index in [0.29, 0.717) is 17.7 Å². The Balaban J connectivity index is 1.73. The van der Waals surface area contributed by atoms with Gasteiger partial charge < -0.3 is 16.0 Å². The second-order valence-electron chi connectivity index (χ2n) is 6.17. The molecular weight excluding hydrogens is 330 g/mol. The number of pyridine rings is 1. The molecule has 0 unspecified atom stereocenters. The lowest BCUT2D eigenvalue weighted by Gasteiger charge is -2.09. The largest absolute Gasteiger partial charge is 0.366 e. The number of aryl methyl sites for hydroxylation is 2. The number of hydrogen-bond acceptors (Lipinski definition) is 3. The first-order valence-electron chi connectivity index (χ1n) is 8.25. The number of H-pyrrole nitrogens is 1. The Bertz CT molecular complexity index is 1050. The molecule has 0 saturated carbocycles. The summed E-state index contributed by atoms with van der Waals surface area (Å²) in [5.74, 6) is -0.899. The van der Waals surface area contributed by atoms with Gasteiger partial charge in [-0.1, -0.05) is 24.3 Å². The first kappa shape index (κ1) is 17.4. The molecule has 0 radical (unpaired) electrons. The average molecular weight is 349 g/mol. The molecule has 26 heavy (non-hydrogen) atoms. The van der Waals surface area contributed by atoms with Gasteiger partial charge in [-0.2, -0.15) is 0 Å². The Hall–Kier alpha value is -3.41. The minimum absolute atomic E-state index is 0.119. The minimum Gasteiger partial charge on any atom is -0.366 e. The molecule has 0 bridgehead atoms. The van der Waals surface area contributed by atoms with Gasteiger partial charge in [-0.15, -0.1) is 0 Å². The monoisotopic (exact) mass is 349 g/mol. The molecule has 0 spiro atoms. The van der Waals surface area contributed by atoms with Gasteiger partial charge in [-0.05, 0) is 48.6 Å². The summed E-state index contributed by atoms with van der Waals surface area (Å²) in [5, 5.41) is 3.60. The molecule has 6 nitrogen and oxygen atoms in total. The topological polar surface area (TPSA) is 105 Å². The third kappa shape index (κ3) is 3.80. The molecular formula is C20H19N3O3. The van der Waals surface area contributed by atoms with E-state index >= 15 is 0 Å². The van der Waals surface area contributed by atoms with E-state index in [4.69, 9.17) is 5.73 Å². The van der Waals surface area contributed by atoms with Gasteiger partial charge in [0, 0.05) is 17.5 Å². The second-order valence-corrected chi connectivity index (χ2v) is 6.17. The normalized spacial score (nSPS) is 10.7. The van der Waals surface area contributed by atoms with E-state index < -0.39 is 5.91 Å². The molecule has 0 aliphatic heterocycles. The number of nitrogens with one attached hydrogen (secondary N) is 2. The lowest BCUT2D eigenvalue weighted by atomic mass is 10.1. The van der Waals surface area contributed by atoms with Crippen LogP contribution in [0.5, 0.6) is 0 Å². The van der Waals surface area contributed by atoms with Crippen molar-refractivity contribution in [1.29, 1.82) is 0 Å². The van der Waals surface area contributed by atoms with Gasteiger partial charge in [-0.3, -0.25) is 14.4 Å². The van der Waals surface area contributed by atoms with Gasteiger partial charge >= 0.3 is 0 Å². The molecule has 0 atom stereocenters. The Labute approximate surface area is 150 Å². The van der Waals surface area contributed by atoms with Crippen molar-refractivity contribution in [2.24, 2.45) is 5.73 Å². The predicted octanol–water partition coefficient (Wildman–Crippen LogP) is 2.51. The summed E-state index contributed by atoms with van der Waals surface area (Å²) in [6, 6.07) is 14.2. The Morgan fingerprint density at radius 2 is 1.88 bits per heavy atom. The smallest absolute Gasteiger partial charge is 0.251 e. The molecule has 3 rings (SSSR count). The molecule has 2 amide bonds. The molecule has 1 aromatic heterocycles. The van der Waals surface area contributed by atoms with E-state index in [1.165, 1.54) is 0 Å². The fraction of sp³-hybridized carbons (Fsp3) is 0.150. The Morgan fingerprint density at radius 1 is 1.12 bits per heavy atom. The van der Waals surface area contributed by atoms with Gasteiger partial charge in [0.1, 0.15) is 0 Å². The highest BCUT2D eigenvalue weighted by atomic mass is 16.2. The second kappa shape index (κ2) is 7.23. The molecule has 4 N–H and O–H groups in total. The van der Waals surface area contributed by atoms with Crippen LogP contribution >= 0.6 is 0 Å². The third-order valence-corrected chi connectivity index (χ3v) is 4.17. The van der Waals surface area contributed by atoms with E-state index in [1.54, 1.807) is 30.3 Å². The standard InChI is InChI=1S/C20H19N3O3/c1-12-6-7-13-11-14(20(26)23-17(13)10-12)8-9-18(24)22-16-5-3-2-4-15(16)19(21)25/h2-7,10-11H,8-9H2,1H3,(H2,21,25)(H,22,24)(H,23,26). The van der Waals surface area contributed by atoms with Crippen molar-refractivity contribution >= 4 is 28.4 Å². The molecule has 2 aromatic carbocycles. The highest BCUT2D eigenvalue weighted by molar-refractivity contribution is 6.03. The van der Waals surface area contributed by atoms with Crippen LogP contribution < -0.4 is 16.6 Å². The minimum atomic E-state index is -0.609. The maximum absolute atomic E-state index is 12.2. The molecule has 3 aromatic rings. The van der Waals surface area contributed by atoms with Crippen molar-refractivity contribution in [3.8, 4) is 0 Å². The maximum Gasteiger partial charge on any atom is 0.251 e. The number of rotatable bonds is 5. The van der Waals surface area contributed by atoms with Crippen molar-refractivity contribution in [3.05, 3.63) is 75.6 Å². The van der Waals surface area contributed by atoms with Crippen molar-refractivity contribution < 1.29 is 9.59 Å². The molecule has 132 valence electrons. The zero-order chi connectivity index (χ0) is 18.7. The summed E-state index contributed by atoms with van der Waals surface area (Å²) in [6.07, 6.45) is 0.414. The number of anilines is 1. The summed E-state index contributed by atoms with van der Waals surface area (Å²) < 4.78 is 0. The van der Waals surface area contributed by atoms with Gasteiger partial charge in [0.25, 0.3) is 11.5 Å². The van der Waals surface area contributed by atoms with E-state index in [-0.39, 0.29) is 23.5 Å². The number of aromatic amines is 1. The number of fused-ring (bicyclic) bond motifs is 1. The summed E-state index contributed by atoms with van der Waals surface area (Å²) in [7, 11) is 0. The van der Waals surface area contributed by atoms with Gasteiger partial charge in [-0.25, -0.2) is 0 Å². The number of aromatic nitrogens is 1. The van der Waals surface area contributed by atoms with Crippen LogP contribution in [0, 0.1) is 6.92 Å². The zero-order valence-corrected chi connectivity index (χ0v) is 14.3. The first-order chi connectivity index (χ1) is 12.4. The molecule has 6 heteroatoms. The van der Waals surface area contributed by atoms with Crippen LogP contribution in [0.3, 0.4) is 0 Å². The van der Waals surface area contributed by atoms with E-state index in [9.17, 15) is 14.4 Å². The first-order valence-corrected chi connectivity index (χ1v) is 8.25. The van der Waals surface area contributed by atoms with Gasteiger partial charge in [0.2, 0.25) is 5.91 Å². The number of carbonyl (C=O) groups excluding carboxylic acids is 2. The Kier molecular flexibility index (Phi) is 4.84. The number of amides is 2. The van der Waals surface area contributed by atoms with Crippen molar-refractivity contribution in [2.45, 2.75) is 19.8 Å². The number of benzene rings is 2. The van der Waals surface area contributed by atoms with Crippen LogP contribution in [0.25, 0.3) is 10.9 Å². The number of para-hydroxylation sites is 1. The van der Waals surface area contributed by atoms with Crippen LogP contribution in [0.1, 0.15) is 27.9 Å². The third-order valence-electron chi connectivity index (χ3n) is 4.17. The summed E-state index contributed by atoms with van der Waals surface area (Å²) in [4.78, 5) is 38.7. The molecule has 0 saturated heterocycles. The lowest BCUT2D eigenvalue weighted by molar-refractivity contribution is -0.116. The highest BCUT2D eigenvalue weighted by Crippen LogP contribution is 2.16. The van der Waals surface area contributed by atoms with E-state index in [0.717, 1.165) is 16.5 Å². The van der Waals surface area contributed by atoms with Crippen LogP contribution in [0.4, 0.5) is 5.69 Å².